The second kappa shape index (κ2) is 10.3. The molecule has 0 fully saturated rings. The molecular weight excluding hydrogens is 439 g/mol. The molecule has 0 atom stereocenters. The normalized spacial score (nSPS) is 11.0. The molecule has 0 saturated carbocycles. The van der Waals surface area contributed by atoms with Gasteiger partial charge in [-0.3, -0.25) is 14.9 Å². The van der Waals surface area contributed by atoms with E-state index in [9.17, 15) is 19.3 Å². The van der Waals surface area contributed by atoms with Crippen LogP contribution in [0.5, 0.6) is 5.75 Å². The smallest absolute Gasteiger partial charge is 0.269 e. The molecule has 0 saturated heterocycles. The number of nitro groups is 1. The predicted octanol–water partition coefficient (Wildman–Crippen LogP) is 4.85. The Morgan fingerprint density at radius 3 is 2.41 bits per heavy atom. The van der Waals surface area contributed by atoms with Gasteiger partial charge in [0.25, 0.3) is 5.69 Å². The van der Waals surface area contributed by atoms with Crippen molar-refractivity contribution in [2.75, 3.05) is 0 Å². The fourth-order valence-electron chi connectivity index (χ4n) is 3.11. The first kappa shape index (κ1) is 22.5. The number of non-ortho nitro benzene ring substituents is 1. The van der Waals surface area contributed by atoms with Gasteiger partial charge in [0, 0.05) is 17.7 Å². The molecule has 0 radical (unpaired) electrons. The Labute approximate surface area is 194 Å². The molecule has 34 heavy (non-hydrogen) atoms. The SMILES string of the molecule is O=C(/C=C/c1ccc(OCc2cn(Cc3ccc(F)cc3)nn2)cc1)c1ccc([N+](=O)[O-])cc1. The van der Waals surface area contributed by atoms with Crippen molar-refractivity contribution in [1.29, 1.82) is 0 Å². The number of carbonyl (C=O) groups is 1. The summed E-state index contributed by atoms with van der Waals surface area (Å²) in [7, 11) is 0. The van der Waals surface area contributed by atoms with Crippen LogP contribution < -0.4 is 4.74 Å². The van der Waals surface area contributed by atoms with Crippen LogP contribution in [0.1, 0.15) is 27.2 Å². The molecule has 1 heterocycles. The molecule has 0 aliphatic rings. The van der Waals surface area contributed by atoms with Crippen LogP contribution in [-0.2, 0) is 13.2 Å². The maximum Gasteiger partial charge on any atom is 0.269 e. The highest BCUT2D eigenvalue weighted by Gasteiger charge is 2.07. The minimum Gasteiger partial charge on any atom is -0.487 e. The van der Waals surface area contributed by atoms with E-state index in [0.717, 1.165) is 11.1 Å². The number of hydrogen-bond acceptors (Lipinski definition) is 6. The van der Waals surface area contributed by atoms with Crippen LogP contribution in [0.3, 0.4) is 0 Å². The number of carbonyl (C=O) groups excluding carboxylic acids is 1. The van der Waals surface area contributed by atoms with E-state index in [4.69, 9.17) is 4.74 Å². The van der Waals surface area contributed by atoms with Crippen LogP contribution in [0.4, 0.5) is 10.1 Å². The maximum absolute atomic E-state index is 13.0. The van der Waals surface area contributed by atoms with Gasteiger partial charge in [-0.25, -0.2) is 9.07 Å². The van der Waals surface area contributed by atoms with Crippen LogP contribution in [0, 0.1) is 15.9 Å². The minimum absolute atomic E-state index is 0.0634. The van der Waals surface area contributed by atoms with Gasteiger partial charge in [0.1, 0.15) is 23.9 Å². The number of hydrogen-bond donors (Lipinski definition) is 0. The van der Waals surface area contributed by atoms with E-state index in [1.165, 1.54) is 42.5 Å². The number of ketones is 1. The average molecular weight is 458 g/mol. The number of ether oxygens (including phenoxy) is 1. The van der Waals surface area contributed by atoms with E-state index in [1.807, 2.05) is 0 Å². The van der Waals surface area contributed by atoms with Crippen molar-refractivity contribution in [3.8, 4) is 5.75 Å². The van der Waals surface area contributed by atoms with Crippen molar-refractivity contribution in [1.82, 2.24) is 15.0 Å². The highest BCUT2D eigenvalue weighted by atomic mass is 19.1. The first-order valence-electron chi connectivity index (χ1n) is 10.3. The Bertz CT molecular complexity index is 1310. The van der Waals surface area contributed by atoms with Crippen molar-refractivity contribution >= 4 is 17.5 Å². The molecule has 0 bridgehead atoms. The quantitative estimate of drug-likeness (QED) is 0.154. The van der Waals surface area contributed by atoms with Gasteiger partial charge in [0.2, 0.25) is 0 Å². The van der Waals surface area contributed by atoms with E-state index in [1.54, 1.807) is 53.4 Å². The van der Waals surface area contributed by atoms with Crippen molar-refractivity contribution in [3.05, 3.63) is 123 Å². The molecule has 1 aromatic heterocycles. The summed E-state index contributed by atoms with van der Waals surface area (Å²) >= 11 is 0. The number of allylic oxidation sites excluding steroid dienone is 1. The number of halogens is 1. The third-order valence-corrected chi connectivity index (χ3v) is 4.90. The van der Waals surface area contributed by atoms with Gasteiger partial charge >= 0.3 is 0 Å². The minimum atomic E-state index is -0.510. The van der Waals surface area contributed by atoms with Crippen molar-refractivity contribution in [2.24, 2.45) is 0 Å². The molecule has 9 heteroatoms. The third-order valence-electron chi connectivity index (χ3n) is 4.90. The van der Waals surface area contributed by atoms with Crippen LogP contribution >= 0.6 is 0 Å². The highest BCUT2D eigenvalue weighted by Crippen LogP contribution is 2.16. The molecular formula is C25H19FN4O4. The van der Waals surface area contributed by atoms with E-state index in [2.05, 4.69) is 10.3 Å². The highest BCUT2D eigenvalue weighted by molar-refractivity contribution is 6.06. The summed E-state index contributed by atoms with van der Waals surface area (Å²) in [4.78, 5) is 22.4. The molecule has 4 rings (SSSR count). The Morgan fingerprint density at radius 2 is 1.74 bits per heavy atom. The first-order valence-corrected chi connectivity index (χ1v) is 10.3. The molecule has 0 spiro atoms. The van der Waals surface area contributed by atoms with Crippen molar-refractivity contribution in [2.45, 2.75) is 13.2 Å². The first-order chi connectivity index (χ1) is 16.5. The zero-order valence-electron chi connectivity index (χ0n) is 17.9. The molecule has 8 nitrogen and oxygen atoms in total. The number of rotatable bonds is 9. The van der Waals surface area contributed by atoms with Gasteiger partial charge in [-0.05, 0) is 53.6 Å². The number of aromatic nitrogens is 3. The molecule has 0 N–H and O–H groups in total. The Hall–Kier alpha value is -4.66. The standard InChI is InChI=1S/C25H19FN4O4/c26-21-8-1-19(2-9-21)15-29-16-22(27-28-29)17-34-24-12-3-18(4-13-24)5-14-25(31)20-6-10-23(11-7-20)30(32)33/h1-14,16H,15,17H2/b14-5+. The van der Waals surface area contributed by atoms with E-state index in [-0.39, 0.29) is 23.9 Å². The fraction of sp³-hybridized carbons (Fsp3) is 0.0800. The molecule has 0 unspecified atom stereocenters. The van der Waals surface area contributed by atoms with E-state index >= 15 is 0 Å². The monoisotopic (exact) mass is 458 g/mol. The number of nitrogens with zero attached hydrogens (tertiary/aromatic N) is 4. The summed E-state index contributed by atoms with van der Waals surface area (Å²) in [5, 5.41) is 18.8. The summed E-state index contributed by atoms with van der Waals surface area (Å²) in [5.74, 6) is 0.0971. The number of nitro benzene ring substituents is 1. The summed E-state index contributed by atoms with van der Waals surface area (Å²) in [6.45, 7) is 0.712. The predicted molar refractivity (Wildman–Crippen MR) is 123 cm³/mol. The number of benzene rings is 3. The summed E-state index contributed by atoms with van der Waals surface area (Å²) in [5.41, 5.74) is 2.67. The van der Waals surface area contributed by atoms with Gasteiger partial charge in [-0.2, -0.15) is 0 Å². The van der Waals surface area contributed by atoms with E-state index in [0.29, 0.717) is 23.6 Å². The maximum atomic E-state index is 13.0. The van der Waals surface area contributed by atoms with Gasteiger partial charge in [-0.1, -0.05) is 35.6 Å². The van der Waals surface area contributed by atoms with Crippen LogP contribution in [0.2, 0.25) is 0 Å². The molecule has 0 aliphatic carbocycles. The Kier molecular flexibility index (Phi) is 6.83. The van der Waals surface area contributed by atoms with Gasteiger partial charge < -0.3 is 4.74 Å². The lowest BCUT2D eigenvalue weighted by Crippen LogP contribution is -2.00. The lowest BCUT2D eigenvalue weighted by Gasteiger charge is -2.04. The summed E-state index contributed by atoms with van der Waals surface area (Å²) < 4.78 is 20.4. The fourth-order valence-corrected chi connectivity index (χ4v) is 3.11. The largest absolute Gasteiger partial charge is 0.487 e. The second-order valence-electron chi connectivity index (χ2n) is 7.39. The molecule has 0 amide bonds. The third kappa shape index (κ3) is 5.98. The summed E-state index contributed by atoms with van der Waals surface area (Å²) in [6, 6.07) is 18.8. The van der Waals surface area contributed by atoms with Gasteiger partial charge in [-0.15, -0.1) is 5.10 Å². The lowest BCUT2D eigenvalue weighted by atomic mass is 10.1. The van der Waals surface area contributed by atoms with Crippen molar-refractivity contribution in [3.63, 3.8) is 0 Å². The van der Waals surface area contributed by atoms with Crippen LogP contribution in [0.15, 0.2) is 85.1 Å². The zero-order valence-corrected chi connectivity index (χ0v) is 17.9. The van der Waals surface area contributed by atoms with Crippen LogP contribution in [-0.4, -0.2) is 25.7 Å². The van der Waals surface area contributed by atoms with E-state index < -0.39 is 4.92 Å². The molecule has 4 aromatic rings. The summed E-state index contributed by atoms with van der Waals surface area (Å²) in [6.07, 6.45) is 4.84. The van der Waals surface area contributed by atoms with Crippen LogP contribution in [0.25, 0.3) is 6.08 Å². The molecule has 3 aromatic carbocycles. The molecule has 0 aliphatic heterocycles. The zero-order chi connectivity index (χ0) is 23.9. The second-order valence-corrected chi connectivity index (χ2v) is 7.39. The lowest BCUT2D eigenvalue weighted by molar-refractivity contribution is -0.384. The average Bonchev–Trinajstić information content (AvgIpc) is 3.30. The Balaban J connectivity index is 1.29. The van der Waals surface area contributed by atoms with Gasteiger partial charge in [0.15, 0.2) is 5.78 Å². The molecule has 170 valence electrons. The van der Waals surface area contributed by atoms with Gasteiger partial charge in [0.05, 0.1) is 17.7 Å². The Morgan fingerprint density at radius 1 is 1.03 bits per heavy atom. The topological polar surface area (TPSA) is 100 Å². The van der Waals surface area contributed by atoms with Crippen molar-refractivity contribution < 1.29 is 18.8 Å².